The van der Waals surface area contributed by atoms with Crippen LogP contribution in [0.1, 0.15) is 0 Å². The topological polar surface area (TPSA) is 60.2 Å². The van der Waals surface area contributed by atoms with E-state index in [2.05, 4.69) is 10.3 Å². The highest BCUT2D eigenvalue weighted by molar-refractivity contribution is 7.19. The van der Waals surface area contributed by atoms with Crippen LogP contribution in [-0.4, -0.2) is 12.1 Å². The first-order valence-corrected chi connectivity index (χ1v) is 5.32. The molecule has 0 aliphatic rings. The molecule has 0 saturated heterocycles. The molecule has 0 unspecified atom stereocenters. The van der Waals surface area contributed by atoms with Gasteiger partial charge >= 0.3 is 0 Å². The summed E-state index contributed by atoms with van der Waals surface area (Å²) in [5, 5.41) is 4.29. The van der Waals surface area contributed by atoms with Gasteiger partial charge in [-0.3, -0.25) is 0 Å². The van der Waals surface area contributed by atoms with Gasteiger partial charge in [-0.05, 0) is 12.1 Å². The van der Waals surface area contributed by atoms with Gasteiger partial charge in [-0.15, -0.1) is 0 Å². The van der Waals surface area contributed by atoms with E-state index in [9.17, 15) is 4.39 Å². The number of hydrogen-bond donors (Lipinski definition) is 2. The Bertz CT molecular complexity index is 501. The Hall–Kier alpha value is -1.82. The van der Waals surface area contributed by atoms with Crippen molar-refractivity contribution < 1.29 is 9.13 Å². The first kappa shape index (κ1) is 10.7. The van der Waals surface area contributed by atoms with E-state index in [-0.39, 0.29) is 5.75 Å². The molecule has 1 aromatic carbocycles. The van der Waals surface area contributed by atoms with Crippen molar-refractivity contribution in [3.63, 3.8) is 0 Å². The van der Waals surface area contributed by atoms with E-state index in [1.165, 1.54) is 24.5 Å². The van der Waals surface area contributed by atoms with Crippen molar-refractivity contribution >= 4 is 27.2 Å². The van der Waals surface area contributed by atoms with E-state index in [4.69, 9.17) is 10.5 Å². The molecule has 0 aliphatic carbocycles. The van der Waals surface area contributed by atoms with Gasteiger partial charge in [0.2, 0.25) is 0 Å². The van der Waals surface area contributed by atoms with Gasteiger partial charge in [0.25, 0.3) is 0 Å². The molecule has 3 N–H and O–H groups in total. The van der Waals surface area contributed by atoms with Crippen molar-refractivity contribution in [2.24, 2.45) is 0 Å². The Labute approximate surface area is 95.9 Å². The molecule has 0 atom stereocenters. The molecule has 1 aromatic heterocycles. The molecule has 0 spiro atoms. The van der Waals surface area contributed by atoms with Crippen LogP contribution in [0, 0.1) is 5.82 Å². The second-order valence-corrected chi connectivity index (χ2v) is 4.10. The fraction of sp³-hybridized carbons (Fsp3) is 0.100. The normalized spacial score (nSPS) is 10.1. The van der Waals surface area contributed by atoms with Crippen LogP contribution in [0.4, 0.5) is 20.2 Å². The summed E-state index contributed by atoms with van der Waals surface area (Å²) in [6.07, 6.45) is 1.56. The molecule has 16 heavy (non-hydrogen) atoms. The second-order valence-electron chi connectivity index (χ2n) is 3.04. The van der Waals surface area contributed by atoms with Crippen LogP contribution in [0.2, 0.25) is 0 Å². The van der Waals surface area contributed by atoms with E-state index in [1.807, 2.05) is 0 Å². The molecular weight excluding hydrogens is 229 g/mol. The quantitative estimate of drug-likeness (QED) is 0.864. The third-order valence-corrected chi connectivity index (χ3v) is 2.67. The Morgan fingerprint density at radius 1 is 1.50 bits per heavy atom. The molecule has 2 aromatic rings. The summed E-state index contributed by atoms with van der Waals surface area (Å²) in [6.45, 7) is 0. The molecule has 1 heterocycles. The number of hydrogen-bond acceptors (Lipinski definition) is 5. The van der Waals surface area contributed by atoms with E-state index in [0.717, 1.165) is 0 Å². The predicted molar refractivity (Wildman–Crippen MR) is 62.8 cm³/mol. The van der Waals surface area contributed by atoms with Gasteiger partial charge in [-0.1, -0.05) is 11.3 Å². The smallest absolute Gasteiger partial charge is 0.189 e. The number of anilines is 3. The highest BCUT2D eigenvalue weighted by atomic mass is 32.1. The van der Waals surface area contributed by atoms with Crippen LogP contribution in [-0.2, 0) is 0 Å². The summed E-state index contributed by atoms with van der Waals surface area (Å²) in [4.78, 5) is 4.04. The van der Waals surface area contributed by atoms with Gasteiger partial charge in [0.05, 0.1) is 13.3 Å². The van der Waals surface area contributed by atoms with Gasteiger partial charge in [0.15, 0.2) is 16.7 Å². The van der Waals surface area contributed by atoms with Crippen LogP contribution in [0.25, 0.3) is 0 Å². The molecule has 0 bridgehead atoms. The second kappa shape index (κ2) is 4.36. The highest BCUT2D eigenvalue weighted by Gasteiger charge is 2.05. The van der Waals surface area contributed by atoms with Crippen molar-refractivity contribution in [2.75, 3.05) is 18.2 Å². The number of rotatable bonds is 3. The minimum atomic E-state index is -0.397. The maximum atomic E-state index is 13.1. The zero-order valence-corrected chi connectivity index (χ0v) is 9.34. The SMILES string of the molecule is COc1cc(Nc2ncc(N)s2)ccc1F. The molecule has 0 amide bonds. The number of halogens is 1. The lowest BCUT2D eigenvalue weighted by molar-refractivity contribution is 0.387. The zero-order valence-electron chi connectivity index (χ0n) is 8.53. The van der Waals surface area contributed by atoms with Crippen LogP contribution in [0.5, 0.6) is 5.75 Å². The van der Waals surface area contributed by atoms with E-state index < -0.39 is 5.82 Å². The molecule has 84 valence electrons. The minimum absolute atomic E-state index is 0.189. The van der Waals surface area contributed by atoms with E-state index >= 15 is 0 Å². The summed E-state index contributed by atoms with van der Waals surface area (Å²) in [5.74, 6) is -0.207. The number of nitrogens with zero attached hydrogens (tertiary/aromatic N) is 1. The molecule has 0 radical (unpaired) electrons. The number of thiazole rings is 1. The molecule has 2 rings (SSSR count). The number of ether oxygens (including phenoxy) is 1. The number of methoxy groups -OCH3 is 1. The van der Waals surface area contributed by atoms with Crippen LogP contribution in [0.15, 0.2) is 24.4 Å². The summed E-state index contributed by atoms with van der Waals surface area (Å²) >= 11 is 1.32. The largest absolute Gasteiger partial charge is 0.494 e. The Kier molecular flexibility index (Phi) is 2.91. The lowest BCUT2D eigenvalue weighted by Crippen LogP contribution is -1.92. The van der Waals surface area contributed by atoms with Crippen LogP contribution < -0.4 is 15.8 Å². The van der Waals surface area contributed by atoms with Gasteiger partial charge in [0.1, 0.15) is 5.00 Å². The lowest BCUT2D eigenvalue weighted by atomic mass is 10.3. The van der Waals surface area contributed by atoms with Gasteiger partial charge in [-0.25, -0.2) is 9.37 Å². The number of benzene rings is 1. The van der Waals surface area contributed by atoms with E-state index in [1.54, 1.807) is 18.3 Å². The number of nitrogens with one attached hydrogen (secondary N) is 1. The first-order valence-electron chi connectivity index (χ1n) is 4.51. The average Bonchev–Trinajstić information content (AvgIpc) is 2.67. The van der Waals surface area contributed by atoms with Crippen molar-refractivity contribution in [2.45, 2.75) is 0 Å². The Balaban J connectivity index is 2.21. The van der Waals surface area contributed by atoms with Crippen LogP contribution in [0.3, 0.4) is 0 Å². The van der Waals surface area contributed by atoms with E-state index in [0.29, 0.717) is 15.8 Å². The van der Waals surface area contributed by atoms with Crippen molar-refractivity contribution in [3.05, 3.63) is 30.2 Å². The van der Waals surface area contributed by atoms with Crippen molar-refractivity contribution in [1.29, 1.82) is 0 Å². The maximum absolute atomic E-state index is 13.1. The highest BCUT2D eigenvalue weighted by Crippen LogP contribution is 2.27. The standard InChI is InChI=1S/C10H10FN3OS/c1-15-8-4-6(2-3-7(8)11)14-10-13-5-9(12)16-10/h2-5H,12H2,1H3,(H,13,14). The third-order valence-electron chi connectivity index (χ3n) is 1.93. The van der Waals surface area contributed by atoms with Gasteiger partial charge in [-0.2, -0.15) is 0 Å². The average molecular weight is 239 g/mol. The number of nitrogens with two attached hydrogens (primary N) is 1. The van der Waals surface area contributed by atoms with Crippen molar-refractivity contribution in [3.8, 4) is 5.75 Å². The Morgan fingerprint density at radius 3 is 2.94 bits per heavy atom. The van der Waals surface area contributed by atoms with Gasteiger partial charge < -0.3 is 15.8 Å². The monoisotopic (exact) mass is 239 g/mol. The first-order chi connectivity index (χ1) is 7.69. The molecule has 4 nitrogen and oxygen atoms in total. The van der Waals surface area contributed by atoms with Gasteiger partial charge in [0, 0.05) is 11.8 Å². The molecule has 6 heteroatoms. The summed E-state index contributed by atoms with van der Waals surface area (Å²) in [5.41, 5.74) is 6.25. The number of aromatic nitrogens is 1. The molecule has 0 saturated carbocycles. The van der Waals surface area contributed by atoms with Crippen molar-refractivity contribution in [1.82, 2.24) is 4.98 Å². The lowest BCUT2D eigenvalue weighted by Gasteiger charge is -2.05. The fourth-order valence-corrected chi connectivity index (χ4v) is 1.81. The maximum Gasteiger partial charge on any atom is 0.189 e. The molecule has 0 aliphatic heterocycles. The number of nitrogen functional groups attached to an aromatic ring is 1. The molecule has 0 fully saturated rings. The summed E-state index contributed by atoms with van der Waals surface area (Å²) in [6, 6.07) is 4.50. The minimum Gasteiger partial charge on any atom is -0.494 e. The Morgan fingerprint density at radius 2 is 2.31 bits per heavy atom. The van der Waals surface area contributed by atoms with Crippen LogP contribution >= 0.6 is 11.3 Å². The zero-order chi connectivity index (χ0) is 11.5. The fourth-order valence-electron chi connectivity index (χ4n) is 1.21. The third kappa shape index (κ3) is 2.22. The summed E-state index contributed by atoms with van der Waals surface area (Å²) < 4.78 is 18.0. The summed E-state index contributed by atoms with van der Waals surface area (Å²) in [7, 11) is 1.42. The predicted octanol–water partition coefficient (Wildman–Crippen LogP) is 2.62. The molecular formula is C10H10FN3OS.